The molecule has 0 aliphatic rings. The molecule has 0 atom stereocenters. The smallest absolute Gasteiger partial charge is 0.238 e. The van der Waals surface area contributed by atoms with Crippen LogP contribution in [0.15, 0.2) is 71.9 Å². The summed E-state index contributed by atoms with van der Waals surface area (Å²) in [6.45, 7) is 0.459. The highest BCUT2D eigenvalue weighted by Gasteiger charge is 2.08. The quantitative estimate of drug-likeness (QED) is 0.642. The Balaban J connectivity index is 1.48. The molecule has 0 fully saturated rings. The summed E-state index contributed by atoms with van der Waals surface area (Å²) in [5.74, 6) is -0.0937. The predicted octanol–water partition coefficient (Wildman–Crippen LogP) is 1.42. The molecule has 3 rings (SSSR count). The molecular weight excluding hydrogens is 364 g/mol. The Morgan fingerprint density at radius 1 is 1.04 bits per heavy atom. The number of sulfonamides is 1. The molecule has 1 amide bonds. The molecule has 0 aliphatic carbocycles. The maximum atomic E-state index is 12.1. The van der Waals surface area contributed by atoms with Crippen LogP contribution < -0.4 is 10.5 Å². The summed E-state index contributed by atoms with van der Waals surface area (Å²) >= 11 is 0. The molecule has 0 radical (unpaired) electrons. The van der Waals surface area contributed by atoms with E-state index in [-0.39, 0.29) is 17.2 Å². The van der Waals surface area contributed by atoms with Crippen molar-refractivity contribution >= 4 is 15.9 Å². The van der Waals surface area contributed by atoms with Crippen LogP contribution in [0.3, 0.4) is 0 Å². The number of amides is 1. The molecule has 0 spiro atoms. The van der Waals surface area contributed by atoms with Gasteiger partial charge in [0.1, 0.15) is 0 Å². The molecule has 0 saturated heterocycles. The molecule has 1 heterocycles. The van der Waals surface area contributed by atoms with E-state index in [9.17, 15) is 13.2 Å². The number of para-hydroxylation sites is 1. The molecule has 0 bridgehead atoms. The second-order valence-corrected chi connectivity index (χ2v) is 7.66. The van der Waals surface area contributed by atoms with Gasteiger partial charge in [-0.2, -0.15) is 5.10 Å². The van der Waals surface area contributed by atoms with E-state index in [4.69, 9.17) is 5.14 Å². The van der Waals surface area contributed by atoms with E-state index >= 15 is 0 Å². The van der Waals surface area contributed by atoms with E-state index in [0.29, 0.717) is 13.0 Å². The van der Waals surface area contributed by atoms with E-state index in [1.165, 1.54) is 12.1 Å². The topological polar surface area (TPSA) is 107 Å². The second kappa shape index (κ2) is 8.15. The van der Waals surface area contributed by atoms with Gasteiger partial charge in [-0.25, -0.2) is 18.2 Å². The first kappa shape index (κ1) is 18.8. The summed E-state index contributed by atoms with van der Waals surface area (Å²) in [4.78, 5) is 12.2. The number of carbonyl (C=O) groups is 1. The van der Waals surface area contributed by atoms with Crippen LogP contribution in [0, 0.1) is 0 Å². The SMILES string of the molecule is NS(=O)(=O)c1ccc(CCNC(=O)Cc2cnn(-c3ccccc3)c2)cc1. The Hall–Kier alpha value is -2.97. The van der Waals surface area contributed by atoms with Gasteiger partial charge in [0.2, 0.25) is 15.9 Å². The number of nitrogens with zero attached hydrogens (tertiary/aromatic N) is 2. The fraction of sp³-hybridized carbons (Fsp3) is 0.158. The van der Waals surface area contributed by atoms with Crippen molar-refractivity contribution in [1.82, 2.24) is 15.1 Å². The Morgan fingerprint density at radius 3 is 2.41 bits per heavy atom. The van der Waals surface area contributed by atoms with Crippen molar-refractivity contribution in [3.8, 4) is 5.69 Å². The third-order valence-corrected chi connectivity index (χ3v) is 4.94. The van der Waals surface area contributed by atoms with Crippen LogP contribution in [0.25, 0.3) is 5.69 Å². The molecule has 27 heavy (non-hydrogen) atoms. The Bertz CT molecular complexity index is 1010. The van der Waals surface area contributed by atoms with Gasteiger partial charge in [-0.1, -0.05) is 30.3 Å². The number of primary sulfonamides is 1. The van der Waals surface area contributed by atoms with Gasteiger partial charge in [0.25, 0.3) is 0 Å². The average molecular weight is 384 g/mol. The largest absolute Gasteiger partial charge is 0.355 e. The highest BCUT2D eigenvalue weighted by molar-refractivity contribution is 7.89. The van der Waals surface area contributed by atoms with E-state index < -0.39 is 10.0 Å². The number of nitrogens with one attached hydrogen (secondary N) is 1. The number of aromatic nitrogens is 2. The first-order chi connectivity index (χ1) is 12.9. The van der Waals surface area contributed by atoms with Crippen LogP contribution in [0.4, 0.5) is 0 Å². The van der Waals surface area contributed by atoms with Crippen LogP contribution in [0.5, 0.6) is 0 Å². The highest BCUT2D eigenvalue weighted by atomic mass is 32.2. The summed E-state index contributed by atoms with van der Waals surface area (Å²) in [6, 6.07) is 16.0. The number of rotatable bonds is 7. The first-order valence-electron chi connectivity index (χ1n) is 8.39. The number of nitrogens with two attached hydrogens (primary N) is 1. The minimum atomic E-state index is -3.68. The van der Waals surface area contributed by atoms with Crippen LogP contribution >= 0.6 is 0 Å². The van der Waals surface area contributed by atoms with Crippen molar-refractivity contribution in [2.75, 3.05) is 6.54 Å². The third-order valence-electron chi connectivity index (χ3n) is 4.01. The van der Waals surface area contributed by atoms with Gasteiger partial charge in [-0.3, -0.25) is 4.79 Å². The first-order valence-corrected chi connectivity index (χ1v) is 9.94. The Labute approximate surface area is 157 Å². The molecule has 7 nitrogen and oxygen atoms in total. The number of carbonyl (C=O) groups excluding carboxylic acids is 1. The van der Waals surface area contributed by atoms with Gasteiger partial charge in [0.05, 0.1) is 23.2 Å². The van der Waals surface area contributed by atoms with Crippen molar-refractivity contribution in [3.05, 3.63) is 78.1 Å². The standard InChI is InChI=1S/C19H20N4O3S/c20-27(25,26)18-8-6-15(7-9-18)10-11-21-19(24)12-16-13-22-23(14-16)17-4-2-1-3-5-17/h1-9,13-14H,10-12H2,(H,21,24)(H2,20,25,26). The second-order valence-electron chi connectivity index (χ2n) is 6.09. The monoisotopic (exact) mass is 384 g/mol. The fourth-order valence-electron chi connectivity index (χ4n) is 2.61. The molecule has 3 aromatic rings. The number of hydrogen-bond acceptors (Lipinski definition) is 4. The van der Waals surface area contributed by atoms with Crippen molar-refractivity contribution in [1.29, 1.82) is 0 Å². The zero-order valence-electron chi connectivity index (χ0n) is 14.6. The molecule has 8 heteroatoms. The van der Waals surface area contributed by atoms with Gasteiger partial charge in [-0.15, -0.1) is 0 Å². The number of benzene rings is 2. The van der Waals surface area contributed by atoms with E-state index in [0.717, 1.165) is 16.8 Å². The fourth-order valence-corrected chi connectivity index (χ4v) is 3.13. The Kier molecular flexibility index (Phi) is 5.68. The molecule has 0 unspecified atom stereocenters. The van der Waals surface area contributed by atoms with Gasteiger partial charge >= 0.3 is 0 Å². The lowest BCUT2D eigenvalue weighted by atomic mass is 10.1. The van der Waals surface area contributed by atoms with E-state index in [1.54, 1.807) is 23.0 Å². The van der Waals surface area contributed by atoms with Crippen LogP contribution in [-0.4, -0.2) is 30.7 Å². The van der Waals surface area contributed by atoms with Crippen molar-refractivity contribution in [2.45, 2.75) is 17.7 Å². The van der Waals surface area contributed by atoms with E-state index in [2.05, 4.69) is 10.4 Å². The molecule has 0 saturated carbocycles. The van der Waals surface area contributed by atoms with E-state index in [1.807, 2.05) is 36.5 Å². The van der Waals surface area contributed by atoms with Crippen molar-refractivity contribution in [3.63, 3.8) is 0 Å². The summed E-state index contributed by atoms with van der Waals surface area (Å²) in [6.07, 6.45) is 4.36. The maximum Gasteiger partial charge on any atom is 0.238 e. The molecule has 140 valence electrons. The summed E-state index contributed by atoms with van der Waals surface area (Å²) in [5, 5.41) is 12.2. The third kappa shape index (κ3) is 5.25. The van der Waals surface area contributed by atoms with Gasteiger partial charge < -0.3 is 5.32 Å². The minimum Gasteiger partial charge on any atom is -0.355 e. The van der Waals surface area contributed by atoms with Crippen LogP contribution in [0.1, 0.15) is 11.1 Å². The Morgan fingerprint density at radius 2 is 1.74 bits per heavy atom. The van der Waals surface area contributed by atoms with Crippen LogP contribution in [-0.2, 0) is 27.7 Å². The number of hydrogen-bond donors (Lipinski definition) is 2. The minimum absolute atomic E-state index is 0.0747. The van der Waals surface area contributed by atoms with Crippen molar-refractivity contribution < 1.29 is 13.2 Å². The predicted molar refractivity (Wildman–Crippen MR) is 102 cm³/mol. The highest BCUT2D eigenvalue weighted by Crippen LogP contribution is 2.10. The molecule has 1 aromatic heterocycles. The summed E-state index contributed by atoms with van der Waals surface area (Å²) < 4.78 is 24.2. The lowest BCUT2D eigenvalue weighted by Crippen LogP contribution is -2.27. The van der Waals surface area contributed by atoms with Gasteiger partial charge in [0, 0.05) is 12.7 Å². The van der Waals surface area contributed by atoms with Gasteiger partial charge in [0.15, 0.2) is 0 Å². The van der Waals surface area contributed by atoms with Crippen molar-refractivity contribution in [2.24, 2.45) is 5.14 Å². The maximum absolute atomic E-state index is 12.1. The lowest BCUT2D eigenvalue weighted by molar-refractivity contribution is -0.120. The molecule has 2 aromatic carbocycles. The summed E-state index contributed by atoms with van der Waals surface area (Å²) in [7, 11) is -3.68. The molecular formula is C19H20N4O3S. The molecule has 3 N–H and O–H groups in total. The normalized spacial score (nSPS) is 11.3. The molecule has 0 aliphatic heterocycles. The van der Waals surface area contributed by atoms with Gasteiger partial charge in [-0.05, 0) is 41.8 Å². The zero-order valence-corrected chi connectivity index (χ0v) is 15.4. The summed E-state index contributed by atoms with van der Waals surface area (Å²) in [5.41, 5.74) is 2.68. The average Bonchev–Trinajstić information content (AvgIpc) is 3.10. The zero-order chi connectivity index (χ0) is 19.3. The lowest BCUT2D eigenvalue weighted by Gasteiger charge is -2.05. The van der Waals surface area contributed by atoms with Crippen LogP contribution in [0.2, 0.25) is 0 Å².